The standard InChI is InChI=1S/C15H11BrF2O/c1-8-3-4-9(2)11(5-8)15(19)14-12(17)6-10(16)7-13(14)18/h3-7H,1-2H3. The Kier molecular flexibility index (Phi) is 3.80. The molecule has 0 heterocycles. The van der Waals surface area contributed by atoms with Gasteiger partial charge in [0.2, 0.25) is 0 Å². The maximum Gasteiger partial charge on any atom is 0.199 e. The van der Waals surface area contributed by atoms with Gasteiger partial charge in [-0.15, -0.1) is 0 Å². The van der Waals surface area contributed by atoms with E-state index in [1.807, 2.05) is 13.0 Å². The monoisotopic (exact) mass is 324 g/mol. The van der Waals surface area contributed by atoms with Gasteiger partial charge in [-0.05, 0) is 37.6 Å². The number of benzene rings is 2. The zero-order chi connectivity index (χ0) is 14.2. The molecule has 0 atom stereocenters. The van der Waals surface area contributed by atoms with Gasteiger partial charge in [-0.3, -0.25) is 4.79 Å². The third-order valence-corrected chi connectivity index (χ3v) is 3.33. The van der Waals surface area contributed by atoms with E-state index in [9.17, 15) is 13.6 Å². The molecule has 2 aromatic carbocycles. The van der Waals surface area contributed by atoms with Crippen molar-refractivity contribution < 1.29 is 13.6 Å². The molecule has 0 saturated heterocycles. The molecule has 0 N–H and O–H groups in total. The number of rotatable bonds is 2. The Hall–Kier alpha value is -1.55. The molecular weight excluding hydrogens is 314 g/mol. The van der Waals surface area contributed by atoms with Crippen LogP contribution in [0, 0.1) is 25.5 Å². The summed E-state index contributed by atoms with van der Waals surface area (Å²) in [5.74, 6) is -2.36. The second-order valence-electron chi connectivity index (χ2n) is 4.39. The highest BCUT2D eigenvalue weighted by atomic mass is 79.9. The topological polar surface area (TPSA) is 17.1 Å². The first-order valence-electron chi connectivity index (χ1n) is 5.66. The van der Waals surface area contributed by atoms with Crippen molar-refractivity contribution in [1.82, 2.24) is 0 Å². The summed E-state index contributed by atoms with van der Waals surface area (Å²) in [4.78, 5) is 12.3. The highest BCUT2D eigenvalue weighted by Crippen LogP contribution is 2.23. The number of aryl methyl sites for hydroxylation is 2. The van der Waals surface area contributed by atoms with Crippen molar-refractivity contribution in [2.45, 2.75) is 13.8 Å². The minimum absolute atomic E-state index is 0.264. The average Bonchev–Trinajstić information content (AvgIpc) is 2.30. The van der Waals surface area contributed by atoms with Crippen LogP contribution < -0.4 is 0 Å². The Morgan fingerprint density at radius 1 is 1.05 bits per heavy atom. The SMILES string of the molecule is Cc1ccc(C)c(C(=O)c2c(F)cc(Br)cc2F)c1. The predicted octanol–water partition coefficient (Wildman–Crippen LogP) is 4.58. The van der Waals surface area contributed by atoms with E-state index in [0.29, 0.717) is 11.1 Å². The second-order valence-corrected chi connectivity index (χ2v) is 5.31. The van der Waals surface area contributed by atoms with Gasteiger partial charge >= 0.3 is 0 Å². The normalized spacial score (nSPS) is 10.6. The van der Waals surface area contributed by atoms with Crippen molar-refractivity contribution in [3.8, 4) is 0 Å². The van der Waals surface area contributed by atoms with Crippen molar-refractivity contribution in [1.29, 1.82) is 0 Å². The van der Waals surface area contributed by atoms with Crippen LogP contribution in [0.15, 0.2) is 34.8 Å². The van der Waals surface area contributed by atoms with Gasteiger partial charge in [-0.2, -0.15) is 0 Å². The van der Waals surface area contributed by atoms with Gasteiger partial charge in [-0.1, -0.05) is 33.6 Å². The zero-order valence-corrected chi connectivity index (χ0v) is 12.0. The van der Waals surface area contributed by atoms with E-state index >= 15 is 0 Å². The molecule has 0 aromatic heterocycles. The van der Waals surface area contributed by atoms with Gasteiger partial charge in [-0.25, -0.2) is 8.78 Å². The minimum atomic E-state index is -0.863. The molecule has 1 nitrogen and oxygen atoms in total. The summed E-state index contributed by atoms with van der Waals surface area (Å²) in [6, 6.07) is 7.42. The molecular formula is C15H11BrF2O. The van der Waals surface area contributed by atoms with Gasteiger partial charge in [0.25, 0.3) is 0 Å². The van der Waals surface area contributed by atoms with E-state index in [2.05, 4.69) is 15.9 Å². The molecule has 2 aromatic rings. The first-order valence-corrected chi connectivity index (χ1v) is 6.46. The maximum atomic E-state index is 13.8. The summed E-state index contributed by atoms with van der Waals surface area (Å²) in [6.45, 7) is 3.56. The number of halogens is 3. The van der Waals surface area contributed by atoms with Crippen molar-refractivity contribution in [2.24, 2.45) is 0 Å². The van der Waals surface area contributed by atoms with Crippen LogP contribution in [-0.4, -0.2) is 5.78 Å². The number of carbonyl (C=O) groups is 1. The molecule has 0 radical (unpaired) electrons. The van der Waals surface area contributed by atoms with Crippen LogP contribution in [0.1, 0.15) is 27.0 Å². The second kappa shape index (κ2) is 5.21. The minimum Gasteiger partial charge on any atom is -0.288 e. The summed E-state index contributed by atoms with van der Waals surface area (Å²) in [6.07, 6.45) is 0. The highest BCUT2D eigenvalue weighted by molar-refractivity contribution is 9.10. The Labute approximate surface area is 118 Å². The molecule has 0 aliphatic rings. The predicted molar refractivity (Wildman–Crippen MR) is 73.4 cm³/mol. The van der Waals surface area contributed by atoms with Crippen LogP contribution in [0.2, 0.25) is 0 Å². The lowest BCUT2D eigenvalue weighted by Crippen LogP contribution is -2.09. The van der Waals surface area contributed by atoms with E-state index in [0.717, 1.165) is 17.7 Å². The molecule has 0 aliphatic heterocycles. The summed E-state index contributed by atoms with van der Waals surface area (Å²) in [7, 11) is 0. The van der Waals surface area contributed by atoms with Crippen molar-refractivity contribution in [2.75, 3.05) is 0 Å². The fraction of sp³-hybridized carbons (Fsp3) is 0.133. The first kappa shape index (κ1) is 13.9. The van der Waals surface area contributed by atoms with Crippen molar-refractivity contribution in [3.63, 3.8) is 0 Å². The number of hydrogen-bond donors (Lipinski definition) is 0. The molecule has 0 aliphatic carbocycles. The fourth-order valence-electron chi connectivity index (χ4n) is 1.87. The molecule has 0 bridgehead atoms. The third-order valence-electron chi connectivity index (χ3n) is 2.87. The lowest BCUT2D eigenvalue weighted by molar-refractivity contribution is 0.103. The van der Waals surface area contributed by atoms with E-state index in [4.69, 9.17) is 0 Å². The Bertz CT molecular complexity index is 642. The van der Waals surface area contributed by atoms with Gasteiger partial charge in [0.1, 0.15) is 11.6 Å². The number of hydrogen-bond acceptors (Lipinski definition) is 1. The Balaban J connectivity index is 2.59. The molecule has 0 amide bonds. The molecule has 0 unspecified atom stereocenters. The fourth-order valence-corrected chi connectivity index (χ4v) is 2.28. The molecule has 19 heavy (non-hydrogen) atoms. The molecule has 0 spiro atoms. The van der Waals surface area contributed by atoms with Crippen LogP contribution in [-0.2, 0) is 0 Å². The molecule has 0 fully saturated rings. The highest BCUT2D eigenvalue weighted by Gasteiger charge is 2.21. The Morgan fingerprint density at radius 2 is 1.63 bits per heavy atom. The van der Waals surface area contributed by atoms with Crippen LogP contribution in [0.4, 0.5) is 8.78 Å². The number of carbonyl (C=O) groups excluding carboxylic acids is 1. The van der Waals surface area contributed by atoms with Crippen LogP contribution in [0.5, 0.6) is 0 Å². The van der Waals surface area contributed by atoms with E-state index < -0.39 is 23.0 Å². The van der Waals surface area contributed by atoms with Crippen LogP contribution in [0.3, 0.4) is 0 Å². The quantitative estimate of drug-likeness (QED) is 0.739. The Morgan fingerprint density at radius 3 is 2.21 bits per heavy atom. The van der Waals surface area contributed by atoms with Gasteiger partial charge in [0.15, 0.2) is 5.78 Å². The summed E-state index contributed by atoms with van der Waals surface area (Å²) in [5.41, 5.74) is 1.36. The zero-order valence-electron chi connectivity index (χ0n) is 10.4. The lowest BCUT2D eigenvalue weighted by Gasteiger charge is -2.08. The van der Waals surface area contributed by atoms with Crippen LogP contribution >= 0.6 is 15.9 Å². The van der Waals surface area contributed by atoms with Crippen LogP contribution in [0.25, 0.3) is 0 Å². The summed E-state index contributed by atoms with van der Waals surface area (Å²) >= 11 is 2.99. The van der Waals surface area contributed by atoms with E-state index in [1.54, 1.807) is 19.1 Å². The maximum absolute atomic E-state index is 13.8. The van der Waals surface area contributed by atoms with E-state index in [1.165, 1.54) is 0 Å². The average molecular weight is 325 g/mol. The summed E-state index contributed by atoms with van der Waals surface area (Å²) < 4.78 is 27.8. The van der Waals surface area contributed by atoms with Gasteiger partial charge in [0, 0.05) is 10.0 Å². The first-order chi connectivity index (χ1) is 8.90. The van der Waals surface area contributed by atoms with E-state index in [-0.39, 0.29) is 4.47 Å². The molecule has 4 heteroatoms. The molecule has 2 rings (SSSR count). The lowest BCUT2D eigenvalue weighted by atomic mass is 9.97. The van der Waals surface area contributed by atoms with Gasteiger partial charge in [0.05, 0.1) is 5.56 Å². The van der Waals surface area contributed by atoms with Gasteiger partial charge < -0.3 is 0 Å². The largest absolute Gasteiger partial charge is 0.288 e. The van der Waals surface area contributed by atoms with Crippen molar-refractivity contribution in [3.05, 3.63) is 68.7 Å². The molecule has 98 valence electrons. The van der Waals surface area contributed by atoms with Crippen molar-refractivity contribution >= 4 is 21.7 Å². The smallest absolute Gasteiger partial charge is 0.199 e. The number of ketones is 1. The third kappa shape index (κ3) is 2.73. The molecule has 0 saturated carbocycles. The summed E-state index contributed by atoms with van der Waals surface area (Å²) in [5, 5.41) is 0.